The average molecular weight is 492 g/mol. The highest BCUT2D eigenvalue weighted by molar-refractivity contribution is 5.98. The maximum absolute atomic E-state index is 13.6. The molecule has 0 saturated carbocycles. The first kappa shape index (κ1) is 24.2. The highest BCUT2D eigenvalue weighted by Gasteiger charge is 2.36. The van der Waals surface area contributed by atoms with Gasteiger partial charge in [0.1, 0.15) is 6.04 Å². The van der Waals surface area contributed by atoms with E-state index in [1.54, 1.807) is 18.2 Å². The minimum absolute atomic E-state index is 0.0159. The van der Waals surface area contributed by atoms with Crippen LogP contribution < -0.4 is 14.8 Å². The Morgan fingerprint density at radius 3 is 2.33 bits per heavy atom. The van der Waals surface area contributed by atoms with Gasteiger partial charge in [-0.05, 0) is 61.8 Å². The standard InChI is InChI=1S/C28H33N3O5/c32-25(17-20-7-3-1-4-8-20)30-15-11-21(12-16-30)26(28(34)31-13-5-2-6-14-31)29-27(33)22-9-10-23-24(18-22)36-19-35-23/h1,3-4,7-10,18,21,26H,2,5-6,11-17,19H2,(H,29,33). The number of ether oxygens (including phenoxy) is 2. The smallest absolute Gasteiger partial charge is 0.252 e. The van der Waals surface area contributed by atoms with E-state index in [0.717, 1.165) is 37.9 Å². The van der Waals surface area contributed by atoms with Crippen molar-refractivity contribution in [3.8, 4) is 11.5 Å². The third-order valence-electron chi connectivity index (χ3n) is 7.42. The van der Waals surface area contributed by atoms with Gasteiger partial charge in [0.15, 0.2) is 11.5 Å². The fourth-order valence-electron chi connectivity index (χ4n) is 5.32. The van der Waals surface area contributed by atoms with Crippen LogP contribution >= 0.6 is 0 Å². The largest absolute Gasteiger partial charge is 0.454 e. The van der Waals surface area contributed by atoms with E-state index in [9.17, 15) is 14.4 Å². The third-order valence-corrected chi connectivity index (χ3v) is 7.42. The number of carbonyl (C=O) groups is 3. The van der Waals surface area contributed by atoms with Crippen molar-refractivity contribution in [1.29, 1.82) is 0 Å². The lowest BCUT2D eigenvalue weighted by molar-refractivity contribution is -0.136. The van der Waals surface area contributed by atoms with E-state index in [-0.39, 0.29) is 30.4 Å². The molecular formula is C28H33N3O5. The summed E-state index contributed by atoms with van der Waals surface area (Å²) in [6.45, 7) is 2.76. The van der Waals surface area contributed by atoms with Gasteiger partial charge in [0.2, 0.25) is 18.6 Å². The number of amides is 3. The van der Waals surface area contributed by atoms with Gasteiger partial charge in [-0.2, -0.15) is 0 Å². The number of piperidine rings is 2. The van der Waals surface area contributed by atoms with Crippen LogP contribution in [-0.2, 0) is 16.0 Å². The van der Waals surface area contributed by atoms with E-state index < -0.39 is 6.04 Å². The molecule has 2 aromatic carbocycles. The fraction of sp³-hybridized carbons (Fsp3) is 0.464. The Kier molecular flexibility index (Phi) is 7.39. The first-order chi connectivity index (χ1) is 17.6. The molecule has 2 fully saturated rings. The van der Waals surface area contributed by atoms with E-state index in [4.69, 9.17) is 9.47 Å². The molecule has 0 bridgehead atoms. The van der Waals surface area contributed by atoms with Crippen molar-refractivity contribution in [2.75, 3.05) is 33.0 Å². The number of hydrogen-bond acceptors (Lipinski definition) is 5. The molecule has 0 aliphatic carbocycles. The molecule has 1 unspecified atom stereocenters. The van der Waals surface area contributed by atoms with Crippen molar-refractivity contribution in [3.05, 3.63) is 59.7 Å². The molecule has 36 heavy (non-hydrogen) atoms. The number of fused-ring (bicyclic) bond motifs is 1. The summed E-state index contributed by atoms with van der Waals surface area (Å²) in [5.41, 5.74) is 1.44. The first-order valence-corrected chi connectivity index (χ1v) is 12.9. The van der Waals surface area contributed by atoms with E-state index in [1.807, 2.05) is 40.1 Å². The zero-order valence-electron chi connectivity index (χ0n) is 20.5. The van der Waals surface area contributed by atoms with Crippen molar-refractivity contribution in [1.82, 2.24) is 15.1 Å². The van der Waals surface area contributed by atoms with E-state index >= 15 is 0 Å². The highest BCUT2D eigenvalue weighted by Crippen LogP contribution is 2.32. The van der Waals surface area contributed by atoms with E-state index in [1.165, 1.54) is 0 Å². The van der Waals surface area contributed by atoms with Crippen molar-refractivity contribution in [2.45, 2.75) is 44.6 Å². The molecule has 3 aliphatic heterocycles. The summed E-state index contributed by atoms with van der Waals surface area (Å²) in [6.07, 6.45) is 4.82. The molecule has 190 valence electrons. The molecule has 3 amide bonds. The van der Waals surface area contributed by atoms with Crippen LogP contribution in [0.25, 0.3) is 0 Å². The summed E-state index contributed by atoms with van der Waals surface area (Å²) in [6, 6.07) is 14.2. The molecule has 0 aromatic heterocycles. The van der Waals surface area contributed by atoms with Crippen molar-refractivity contribution in [2.24, 2.45) is 5.92 Å². The Morgan fingerprint density at radius 2 is 1.58 bits per heavy atom. The van der Waals surface area contributed by atoms with Gasteiger partial charge in [0.05, 0.1) is 6.42 Å². The van der Waals surface area contributed by atoms with Crippen LogP contribution in [0.4, 0.5) is 0 Å². The van der Waals surface area contributed by atoms with Gasteiger partial charge in [-0.1, -0.05) is 30.3 Å². The number of nitrogens with zero attached hydrogens (tertiary/aromatic N) is 2. The van der Waals surface area contributed by atoms with Gasteiger partial charge >= 0.3 is 0 Å². The quantitative estimate of drug-likeness (QED) is 0.671. The average Bonchev–Trinajstić information content (AvgIpc) is 3.40. The van der Waals surface area contributed by atoms with Gasteiger partial charge in [-0.3, -0.25) is 14.4 Å². The summed E-state index contributed by atoms with van der Waals surface area (Å²) in [4.78, 5) is 43.4. The number of hydrogen-bond donors (Lipinski definition) is 1. The molecule has 3 aliphatic rings. The number of likely N-dealkylation sites (tertiary alicyclic amines) is 2. The molecule has 0 spiro atoms. The van der Waals surface area contributed by atoms with Crippen LogP contribution in [0, 0.1) is 5.92 Å². The lowest BCUT2D eigenvalue weighted by atomic mass is 9.87. The highest BCUT2D eigenvalue weighted by atomic mass is 16.7. The van der Waals surface area contributed by atoms with Gasteiger partial charge in [0, 0.05) is 31.7 Å². The molecule has 2 aromatic rings. The Hall–Kier alpha value is -3.55. The molecule has 0 radical (unpaired) electrons. The zero-order valence-corrected chi connectivity index (χ0v) is 20.5. The Bertz CT molecular complexity index is 1090. The van der Waals surface area contributed by atoms with Gasteiger partial charge in [-0.15, -0.1) is 0 Å². The molecular weight excluding hydrogens is 458 g/mol. The maximum atomic E-state index is 13.6. The number of rotatable bonds is 6. The SMILES string of the molecule is O=C(NC(C(=O)N1CCCCC1)C1CCN(C(=O)Cc2ccccc2)CC1)c1ccc2c(c1)OCO2. The lowest BCUT2D eigenvalue weighted by Gasteiger charge is -2.38. The summed E-state index contributed by atoms with van der Waals surface area (Å²) in [5, 5.41) is 3.05. The number of carbonyl (C=O) groups excluding carboxylic acids is 3. The summed E-state index contributed by atoms with van der Waals surface area (Å²) >= 11 is 0. The molecule has 3 heterocycles. The summed E-state index contributed by atoms with van der Waals surface area (Å²) in [7, 11) is 0. The second kappa shape index (κ2) is 11.0. The molecule has 2 saturated heterocycles. The second-order valence-electron chi connectivity index (χ2n) is 9.79. The fourth-order valence-corrected chi connectivity index (χ4v) is 5.32. The first-order valence-electron chi connectivity index (χ1n) is 12.9. The molecule has 5 rings (SSSR count). The molecule has 8 heteroatoms. The van der Waals surface area contributed by atoms with E-state index in [0.29, 0.717) is 49.4 Å². The monoisotopic (exact) mass is 491 g/mol. The van der Waals surface area contributed by atoms with Gasteiger partial charge in [0.25, 0.3) is 5.91 Å². The van der Waals surface area contributed by atoms with Crippen LogP contribution in [0.15, 0.2) is 48.5 Å². The zero-order chi connectivity index (χ0) is 24.9. The number of benzene rings is 2. The van der Waals surface area contributed by atoms with Gasteiger partial charge < -0.3 is 24.6 Å². The Balaban J connectivity index is 1.26. The van der Waals surface area contributed by atoms with Crippen LogP contribution in [-0.4, -0.2) is 66.5 Å². The normalized spacial score (nSPS) is 18.6. The third kappa shape index (κ3) is 5.48. The van der Waals surface area contributed by atoms with Crippen LogP contribution in [0.2, 0.25) is 0 Å². The molecule has 1 atom stereocenters. The second-order valence-corrected chi connectivity index (χ2v) is 9.79. The van der Waals surface area contributed by atoms with Crippen LogP contribution in [0.3, 0.4) is 0 Å². The maximum Gasteiger partial charge on any atom is 0.252 e. The predicted molar refractivity (Wildman–Crippen MR) is 134 cm³/mol. The Labute approximate surface area is 211 Å². The summed E-state index contributed by atoms with van der Waals surface area (Å²) in [5.74, 6) is 0.900. The predicted octanol–water partition coefficient (Wildman–Crippen LogP) is 3.01. The van der Waals surface area contributed by atoms with Gasteiger partial charge in [-0.25, -0.2) is 0 Å². The van der Waals surface area contributed by atoms with Crippen molar-refractivity contribution in [3.63, 3.8) is 0 Å². The lowest BCUT2D eigenvalue weighted by Crippen LogP contribution is -2.55. The molecule has 1 N–H and O–H groups in total. The van der Waals surface area contributed by atoms with Crippen molar-refractivity contribution >= 4 is 17.7 Å². The van der Waals surface area contributed by atoms with E-state index in [2.05, 4.69) is 5.32 Å². The molecule has 8 nitrogen and oxygen atoms in total. The number of nitrogens with one attached hydrogen (secondary N) is 1. The Morgan fingerprint density at radius 1 is 0.861 bits per heavy atom. The minimum Gasteiger partial charge on any atom is -0.454 e. The van der Waals surface area contributed by atoms with Crippen LogP contribution in [0.5, 0.6) is 11.5 Å². The van der Waals surface area contributed by atoms with Crippen molar-refractivity contribution < 1.29 is 23.9 Å². The van der Waals surface area contributed by atoms with Crippen LogP contribution in [0.1, 0.15) is 48.0 Å². The topological polar surface area (TPSA) is 88.2 Å². The summed E-state index contributed by atoms with van der Waals surface area (Å²) < 4.78 is 10.8. The minimum atomic E-state index is -0.618.